The van der Waals surface area contributed by atoms with Gasteiger partial charge in [0.2, 0.25) is 5.82 Å². The van der Waals surface area contributed by atoms with Crippen molar-refractivity contribution < 1.29 is 18.7 Å². The summed E-state index contributed by atoms with van der Waals surface area (Å²) in [7, 11) is 0. The van der Waals surface area contributed by atoms with Gasteiger partial charge >= 0.3 is 0 Å². The molecule has 0 aliphatic carbocycles. The predicted molar refractivity (Wildman–Crippen MR) is 118 cm³/mol. The van der Waals surface area contributed by atoms with Crippen LogP contribution in [0.15, 0.2) is 24.4 Å². The lowest BCUT2D eigenvalue weighted by Crippen LogP contribution is -2.44. The number of nitrogens with one attached hydrogen (secondary N) is 1. The molecule has 0 radical (unpaired) electrons. The number of pyridine rings is 1. The lowest BCUT2D eigenvalue weighted by molar-refractivity contribution is 0.0908. The fourth-order valence-corrected chi connectivity index (χ4v) is 3.71. The summed E-state index contributed by atoms with van der Waals surface area (Å²) in [6.07, 6.45) is 3.18. The molecule has 7 nitrogen and oxygen atoms in total. The molecule has 31 heavy (non-hydrogen) atoms. The second kappa shape index (κ2) is 10.4. The molecule has 0 unspecified atom stereocenters. The van der Waals surface area contributed by atoms with Crippen LogP contribution >= 0.6 is 0 Å². The number of amides is 1. The number of likely N-dealkylation sites (tertiary alicyclic amines) is 1. The van der Waals surface area contributed by atoms with Gasteiger partial charge in [0.15, 0.2) is 11.5 Å². The van der Waals surface area contributed by atoms with Crippen molar-refractivity contribution in [3.63, 3.8) is 0 Å². The number of nitrogen functional groups attached to an aromatic ring is 1. The Morgan fingerprint density at radius 1 is 1.19 bits per heavy atom. The first-order valence-electron chi connectivity index (χ1n) is 10.7. The zero-order chi connectivity index (χ0) is 22.4. The van der Waals surface area contributed by atoms with Gasteiger partial charge in [0.1, 0.15) is 5.82 Å². The number of aryl methyl sites for hydroxylation is 1. The highest BCUT2D eigenvalue weighted by molar-refractivity contribution is 5.94. The minimum Gasteiger partial charge on any atom is -0.491 e. The molecule has 1 fully saturated rings. The molecular formula is C23H31FN4O3. The molecular weight excluding hydrogens is 399 g/mol. The van der Waals surface area contributed by atoms with Crippen LogP contribution in [0.5, 0.6) is 11.5 Å². The third-order valence-corrected chi connectivity index (χ3v) is 5.38. The quantitative estimate of drug-likeness (QED) is 0.668. The number of carbonyl (C=O) groups is 1. The van der Waals surface area contributed by atoms with Crippen molar-refractivity contribution in [2.75, 3.05) is 32.0 Å². The largest absolute Gasteiger partial charge is 0.491 e. The van der Waals surface area contributed by atoms with Crippen LogP contribution in [0.1, 0.15) is 48.2 Å². The van der Waals surface area contributed by atoms with E-state index in [4.69, 9.17) is 15.2 Å². The average Bonchev–Trinajstić information content (AvgIpc) is 2.75. The number of ether oxygens (including phenoxy) is 2. The zero-order valence-corrected chi connectivity index (χ0v) is 18.4. The number of aromatic nitrogens is 1. The summed E-state index contributed by atoms with van der Waals surface area (Å²) >= 11 is 0. The SMILES string of the molecule is CCOc1cc(CN2CCC(NC(=O)c3cnc(N)c(C)c3)CC2)cc(OCC)c1F. The molecule has 2 heterocycles. The number of rotatable bonds is 8. The average molecular weight is 431 g/mol. The van der Waals surface area contributed by atoms with E-state index in [1.165, 1.54) is 6.20 Å². The number of anilines is 1. The number of hydrogen-bond donors (Lipinski definition) is 2. The number of carbonyl (C=O) groups excluding carboxylic acids is 1. The highest BCUT2D eigenvalue weighted by Crippen LogP contribution is 2.30. The van der Waals surface area contributed by atoms with E-state index in [1.54, 1.807) is 18.2 Å². The van der Waals surface area contributed by atoms with Crippen LogP contribution in [-0.4, -0.2) is 48.1 Å². The van der Waals surface area contributed by atoms with E-state index >= 15 is 0 Å². The third kappa shape index (κ3) is 5.85. The molecule has 1 amide bonds. The number of nitrogens with zero attached hydrogens (tertiary/aromatic N) is 2. The van der Waals surface area contributed by atoms with Gasteiger partial charge in [-0.1, -0.05) is 0 Å². The molecule has 0 spiro atoms. The van der Waals surface area contributed by atoms with Crippen molar-refractivity contribution in [2.24, 2.45) is 0 Å². The van der Waals surface area contributed by atoms with Gasteiger partial charge in [-0.15, -0.1) is 0 Å². The zero-order valence-electron chi connectivity index (χ0n) is 18.4. The van der Waals surface area contributed by atoms with Gasteiger partial charge in [-0.2, -0.15) is 4.39 Å². The minimum absolute atomic E-state index is 0.104. The molecule has 8 heteroatoms. The lowest BCUT2D eigenvalue weighted by Gasteiger charge is -2.32. The summed E-state index contributed by atoms with van der Waals surface area (Å²) in [6, 6.07) is 5.35. The molecule has 0 atom stereocenters. The van der Waals surface area contributed by atoms with E-state index in [0.717, 1.165) is 37.1 Å². The Morgan fingerprint density at radius 3 is 2.35 bits per heavy atom. The Morgan fingerprint density at radius 2 is 1.81 bits per heavy atom. The first kappa shape index (κ1) is 22.8. The standard InChI is InChI=1S/C23H31FN4O3/c1-4-30-19-11-16(12-20(21(19)24)31-5-2)14-28-8-6-18(7-9-28)27-23(29)17-10-15(3)22(25)26-13-17/h10-13,18H,4-9,14H2,1-3H3,(H2,25,26)(H,27,29). The van der Waals surface area contributed by atoms with Gasteiger partial charge in [-0.25, -0.2) is 4.98 Å². The number of piperidine rings is 1. The van der Waals surface area contributed by atoms with Crippen LogP contribution in [0.2, 0.25) is 0 Å². The van der Waals surface area contributed by atoms with Crippen LogP contribution in [0, 0.1) is 12.7 Å². The van der Waals surface area contributed by atoms with Gasteiger partial charge in [-0.3, -0.25) is 9.69 Å². The second-order valence-corrected chi connectivity index (χ2v) is 7.72. The van der Waals surface area contributed by atoms with Crippen molar-refractivity contribution in [2.45, 2.75) is 46.2 Å². The fourth-order valence-electron chi connectivity index (χ4n) is 3.71. The van der Waals surface area contributed by atoms with Crippen LogP contribution in [0.25, 0.3) is 0 Å². The number of benzene rings is 1. The molecule has 1 aromatic carbocycles. The summed E-state index contributed by atoms with van der Waals surface area (Å²) in [4.78, 5) is 18.9. The van der Waals surface area contributed by atoms with Crippen LogP contribution in [0.4, 0.5) is 10.2 Å². The third-order valence-electron chi connectivity index (χ3n) is 5.38. The van der Waals surface area contributed by atoms with Gasteiger partial charge in [0.25, 0.3) is 5.91 Å². The summed E-state index contributed by atoms with van der Waals surface area (Å²) in [6.45, 7) is 8.59. The Balaban J connectivity index is 1.57. The summed E-state index contributed by atoms with van der Waals surface area (Å²) in [5.74, 6) is 0.290. The molecule has 1 saturated heterocycles. The van der Waals surface area contributed by atoms with Crippen LogP contribution < -0.4 is 20.5 Å². The fraction of sp³-hybridized carbons (Fsp3) is 0.478. The number of halogens is 1. The van der Waals surface area contributed by atoms with Crippen molar-refractivity contribution in [3.8, 4) is 11.5 Å². The van der Waals surface area contributed by atoms with E-state index in [0.29, 0.717) is 31.1 Å². The predicted octanol–water partition coefficient (Wildman–Crippen LogP) is 3.30. The van der Waals surface area contributed by atoms with E-state index < -0.39 is 5.82 Å². The second-order valence-electron chi connectivity index (χ2n) is 7.72. The van der Waals surface area contributed by atoms with E-state index in [1.807, 2.05) is 20.8 Å². The molecule has 3 rings (SSSR count). The van der Waals surface area contributed by atoms with Gasteiger partial charge in [-0.05, 0) is 62.9 Å². The van der Waals surface area contributed by atoms with Crippen molar-refractivity contribution in [1.29, 1.82) is 0 Å². The molecule has 0 bridgehead atoms. The number of hydrogen-bond acceptors (Lipinski definition) is 6. The smallest absolute Gasteiger partial charge is 0.253 e. The molecule has 3 N–H and O–H groups in total. The Kier molecular flexibility index (Phi) is 7.68. The van der Waals surface area contributed by atoms with Gasteiger partial charge in [0, 0.05) is 31.9 Å². The number of nitrogens with two attached hydrogens (primary N) is 1. The van der Waals surface area contributed by atoms with Crippen molar-refractivity contribution >= 4 is 11.7 Å². The Hall–Kier alpha value is -2.87. The minimum atomic E-state index is -0.457. The lowest BCUT2D eigenvalue weighted by atomic mass is 10.0. The molecule has 0 saturated carbocycles. The monoisotopic (exact) mass is 430 g/mol. The van der Waals surface area contributed by atoms with E-state index in [2.05, 4.69) is 15.2 Å². The highest BCUT2D eigenvalue weighted by Gasteiger charge is 2.22. The Bertz CT molecular complexity index is 887. The Labute approximate surface area is 182 Å². The topological polar surface area (TPSA) is 89.7 Å². The molecule has 1 aliphatic rings. The van der Waals surface area contributed by atoms with Crippen LogP contribution in [0.3, 0.4) is 0 Å². The van der Waals surface area contributed by atoms with Gasteiger partial charge < -0.3 is 20.5 Å². The maximum absolute atomic E-state index is 14.4. The molecule has 1 aliphatic heterocycles. The maximum atomic E-state index is 14.4. The van der Waals surface area contributed by atoms with E-state index in [9.17, 15) is 9.18 Å². The first-order chi connectivity index (χ1) is 14.9. The summed E-state index contributed by atoms with van der Waals surface area (Å²) in [5, 5.41) is 3.09. The van der Waals surface area contributed by atoms with E-state index in [-0.39, 0.29) is 23.4 Å². The summed E-state index contributed by atoms with van der Waals surface area (Å²) < 4.78 is 25.3. The highest BCUT2D eigenvalue weighted by atomic mass is 19.1. The van der Waals surface area contributed by atoms with Gasteiger partial charge in [0.05, 0.1) is 18.8 Å². The first-order valence-corrected chi connectivity index (χ1v) is 10.7. The molecule has 1 aromatic heterocycles. The maximum Gasteiger partial charge on any atom is 0.253 e. The molecule has 2 aromatic rings. The normalized spacial score (nSPS) is 15.0. The summed E-state index contributed by atoms with van der Waals surface area (Å²) in [5.41, 5.74) is 7.98. The van der Waals surface area contributed by atoms with Crippen molar-refractivity contribution in [3.05, 3.63) is 46.9 Å². The van der Waals surface area contributed by atoms with Crippen molar-refractivity contribution in [1.82, 2.24) is 15.2 Å². The molecule has 168 valence electrons. The van der Waals surface area contributed by atoms with Crippen LogP contribution in [-0.2, 0) is 6.54 Å².